The second kappa shape index (κ2) is 4.81. The maximum absolute atomic E-state index is 3.76. The molecule has 0 aromatic carbocycles. The van der Waals surface area contributed by atoms with Gasteiger partial charge >= 0.3 is 0 Å². The zero-order valence-electron chi connectivity index (χ0n) is 10.2. The van der Waals surface area contributed by atoms with Crippen LogP contribution >= 0.6 is 0 Å². The number of hydrogen-bond donors (Lipinski definition) is 2. The minimum Gasteiger partial charge on any atom is -0.317 e. The molecule has 0 amide bonds. The molecule has 2 heterocycles. The summed E-state index contributed by atoms with van der Waals surface area (Å²) in [4.78, 5) is 2.67. The molecule has 0 radical (unpaired) electrons. The summed E-state index contributed by atoms with van der Waals surface area (Å²) in [6.07, 6.45) is 3.86. The maximum atomic E-state index is 3.76. The van der Waals surface area contributed by atoms with Crippen LogP contribution < -0.4 is 10.6 Å². The molecule has 2 aliphatic rings. The third-order valence-corrected chi connectivity index (χ3v) is 4.18. The highest BCUT2D eigenvalue weighted by Crippen LogP contribution is 2.23. The van der Waals surface area contributed by atoms with Gasteiger partial charge in [-0.15, -0.1) is 0 Å². The van der Waals surface area contributed by atoms with E-state index < -0.39 is 0 Å². The average Bonchev–Trinajstić information content (AvgIpc) is 2.29. The lowest BCUT2D eigenvalue weighted by atomic mass is 9.85. The SMILES string of the molecule is CCC(C)N1CCNC2(CCNCC2)C1. The van der Waals surface area contributed by atoms with Crippen LogP contribution in [0.1, 0.15) is 33.1 Å². The Morgan fingerprint density at radius 2 is 2.00 bits per heavy atom. The number of nitrogens with zero attached hydrogens (tertiary/aromatic N) is 1. The van der Waals surface area contributed by atoms with E-state index in [4.69, 9.17) is 0 Å². The molecule has 1 atom stereocenters. The molecule has 15 heavy (non-hydrogen) atoms. The molecule has 2 N–H and O–H groups in total. The van der Waals surface area contributed by atoms with Gasteiger partial charge in [0, 0.05) is 31.2 Å². The minimum absolute atomic E-state index is 0.424. The van der Waals surface area contributed by atoms with Crippen LogP contribution in [0.25, 0.3) is 0 Å². The molecule has 2 fully saturated rings. The molecule has 0 bridgehead atoms. The van der Waals surface area contributed by atoms with Crippen LogP contribution in [0, 0.1) is 0 Å². The van der Waals surface area contributed by atoms with Gasteiger partial charge < -0.3 is 10.6 Å². The van der Waals surface area contributed by atoms with Crippen LogP contribution in [0.2, 0.25) is 0 Å². The summed E-state index contributed by atoms with van der Waals surface area (Å²) in [6.45, 7) is 10.7. The lowest BCUT2D eigenvalue weighted by Gasteiger charge is -2.48. The molecular formula is C12H25N3. The number of piperazine rings is 1. The molecule has 88 valence electrons. The molecule has 3 heteroatoms. The van der Waals surface area contributed by atoms with Gasteiger partial charge in [0.15, 0.2) is 0 Å². The fourth-order valence-corrected chi connectivity index (χ4v) is 2.86. The van der Waals surface area contributed by atoms with Crippen molar-refractivity contribution in [3.05, 3.63) is 0 Å². The predicted molar refractivity (Wildman–Crippen MR) is 64.2 cm³/mol. The summed E-state index contributed by atoms with van der Waals surface area (Å²) >= 11 is 0. The minimum atomic E-state index is 0.424. The standard InChI is InChI=1S/C12H25N3/c1-3-11(2)15-9-8-14-12(10-15)4-6-13-7-5-12/h11,13-14H,3-10H2,1-2H3. The van der Waals surface area contributed by atoms with Crippen molar-refractivity contribution < 1.29 is 0 Å². The second-order valence-corrected chi connectivity index (χ2v) is 5.18. The Labute approximate surface area is 93.6 Å². The topological polar surface area (TPSA) is 27.3 Å². The molecule has 0 aliphatic carbocycles. The first-order valence-corrected chi connectivity index (χ1v) is 6.45. The Kier molecular flexibility index (Phi) is 3.65. The predicted octanol–water partition coefficient (Wildman–Crippen LogP) is 0.812. The Morgan fingerprint density at radius 3 is 2.67 bits per heavy atom. The van der Waals surface area contributed by atoms with Gasteiger partial charge in [0.05, 0.1) is 0 Å². The van der Waals surface area contributed by atoms with Gasteiger partial charge in [0.1, 0.15) is 0 Å². The van der Waals surface area contributed by atoms with Crippen LogP contribution in [0.4, 0.5) is 0 Å². The van der Waals surface area contributed by atoms with E-state index in [9.17, 15) is 0 Å². The summed E-state index contributed by atoms with van der Waals surface area (Å²) in [5, 5.41) is 7.22. The monoisotopic (exact) mass is 211 g/mol. The van der Waals surface area contributed by atoms with Gasteiger partial charge in [-0.25, -0.2) is 0 Å². The van der Waals surface area contributed by atoms with Crippen molar-refractivity contribution in [2.75, 3.05) is 32.7 Å². The van der Waals surface area contributed by atoms with Crippen molar-refractivity contribution in [2.45, 2.75) is 44.7 Å². The maximum Gasteiger partial charge on any atom is 0.0333 e. The lowest BCUT2D eigenvalue weighted by molar-refractivity contribution is 0.0762. The van der Waals surface area contributed by atoms with Gasteiger partial charge in [-0.3, -0.25) is 4.90 Å². The van der Waals surface area contributed by atoms with Crippen molar-refractivity contribution in [3.8, 4) is 0 Å². The van der Waals surface area contributed by atoms with E-state index in [0.717, 1.165) is 6.04 Å². The summed E-state index contributed by atoms with van der Waals surface area (Å²) in [5.41, 5.74) is 0.424. The fraction of sp³-hybridized carbons (Fsp3) is 1.00. The summed E-state index contributed by atoms with van der Waals surface area (Å²) in [7, 11) is 0. The summed E-state index contributed by atoms with van der Waals surface area (Å²) in [6, 6.07) is 0.749. The molecule has 1 unspecified atom stereocenters. The molecule has 0 aromatic rings. The third-order valence-electron chi connectivity index (χ3n) is 4.18. The second-order valence-electron chi connectivity index (χ2n) is 5.18. The zero-order valence-corrected chi connectivity index (χ0v) is 10.2. The van der Waals surface area contributed by atoms with Crippen molar-refractivity contribution in [1.82, 2.24) is 15.5 Å². The number of rotatable bonds is 2. The molecule has 2 saturated heterocycles. The highest BCUT2D eigenvalue weighted by molar-refractivity contribution is 4.98. The molecule has 2 aliphatic heterocycles. The largest absolute Gasteiger partial charge is 0.317 e. The molecule has 3 nitrogen and oxygen atoms in total. The van der Waals surface area contributed by atoms with Gasteiger partial charge in [-0.1, -0.05) is 6.92 Å². The number of hydrogen-bond acceptors (Lipinski definition) is 3. The Bertz CT molecular complexity index is 194. The van der Waals surface area contributed by atoms with E-state index in [1.54, 1.807) is 0 Å². The quantitative estimate of drug-likeness (QED) is 0.708. The Balaban J connectivity index is 1.96. The average molecular weight is 211 g/mol. The van der Waals surface area contributed by atoms with Crippen LogP contribution in [0.3, 0.4) is 0 Å². The number of piperidine rings is 1. The first-order valence-electron chi connectivity index (χ1n) is 6.45. The first-order chi connectivity index (χ1) is 7.26. The van der Waals surface area contributed by atoms with Gasteiger partial charge in [-0.2, -0.15) is 0 Å². The molecule has 0 aromatic heterocycles. The molecule has 2 rings (SSSR count). The van der Waals surface area contributed by atoms with E-state index in [1.807, 2.05) is 0 Å². The molecule has 1 spiro atoms. The van der Waals surface area contributed by atoms with Crippen molar-refractivity contribution in [2.24, 2.45) is 0 Å². The van der Waals surface area contributed by atoms with Crippen molar-refractivity contribution in [3.63, 3.8) is 0 Å². The molecular weight excluding hydrogens is 186 g/mol. The van der Waals surface area contributed by atoms with E-state index in [2.05, 4.69) is 29.4 Å². The molecule has 0 saturated carbocycles. The highest BCUT2D eigenvalue weighted by Gasteiger charge is 2.36. The van der Waals surface area contributed by atoms with Gasteiger partial charge in [-0.05, 0) is 39.3 Å². The normalized spacial score (nSPS) is 29.2. The van der Waals surface area contributed by atoms with E-state index in [0.29, 0.717) is 5.54 Å². The van der Waals surface area contributed by atoms with Crippen molar-refractivity contribution in [1.29, 1.82) is 0 Å². The van der Waals surface area contributed by atoms with Crippen LogP contribution in [-0.4, -0.2) is 49.2 Å². The van der Waals surface area contributed by atoms with Gasteiger partial charge in [0.2, 0.25) is 0 Å². The van der Waals surface area contributed by atoms with Gasteiger partial charge in [0.25, 0.3) is 0 Å². The van der Waals surface area contributed by atoms with Crippen molar-refractivity contribution >= 4 is 0 Å². The Morgan fingerprint density at radius 1 is 1.27 bits per heavy atom. The van der Waals surface area contributed by atoms with Crippen LogP contribution in [0.15, 0.2) is 0 Å². The highest BCUT2D eigenvalue weighted by atomic mass is 15.2. The Hall–Kier alpha value is -0.120. The van der Waals surface area contributed by atoms with E-state index in [1.165, 1.54) is 52.0 Å². The van der Waals surface area contributed by atoms with E-state index in [-0.39, 0.29) is 0 Å². The lowest BCUT2D eigenvalue weighted by Crippen LogP contribution is -2.64. The first kappa shape index (κ1) is 11.4. The van der Waals surface area contributed by atoms with E-state index >= 15 is 0 Å². The van der Waals surface area contributed by atoms with Crippen LogP contribution in [0.5, 0.6) is 0 Å². The summed E-state index contributed by atoms with van der Waals surface area (Å²) < 4.78 is 0. The smallest absolute Gasteiger partial charge is 0.0333 e. The fourth-order valence-electron chi connectivity index (χ4n) is 2.86. The van der Waals surface area contributed by atoms with Crippen LogP contribution in [-0.2, 0) is 0 Å². The summed E-state index contributed by atoms with van der Waals surface area (Å²) in [5.74, 6) is 0. The number of nitrogens with one attached hydrogen (secondary N) is 2. The third kappa shape index (κ3) is 2.52. The zero-order chi connectivity index (χ0) is 10.7.